The molecule has 0 amide bonds. The molecule has 0 radical (unpaired) electrons. The lowest BCUT2D eigenvalue weighted by molar-refractivity contribution is 0.487. The summed E-state index contributed by atoms with van der Waals surface area (Å²) in [5.41, 5.74) is 12.1. The summed E-state index contributed by atoms with van der Waals surface area (Å²) in [5.74, 6) is 1.80. The van der Waals surface area contributed by atoms with Crippen molar-refractivity contribution < 1.29 is 4.74 Å². The number of rotatable bonds is 4. The normalized spacial score (nSPS) is 12.1. The first-order valence-electron chi connectivity index (χ1n) is 17.6. The van der Waals surface area contributed by atoms with Crippen molar-refractivity contribution in [3.05, 3.63) is 182 Å². The van der Waals surface area contributed by atoms with Crippen LogP contribution in [0.3, 0.4) is 0 Å². The van der Waals surface area contributed by atoms with E-state index >= 15 is 0 Å². The summed E-state index contributed by atoms with van der Waals surface area (Å²) in [4.78, 5) is 0. The number of ether oxygens (including phenoxy) is 1. The van der Waals surface area contributed by atoms with Crippen LogP contribution >= 0.6 is 0 Å². The van der Waals surface area contributed by atoms with Crippen molar-refractivity contribution in [2.45, 2.75) is 0 Å². The Labute approximate surface area is 296 Å². The minimum absolute atomic E-state index is 0.893. The number of hydrogen-bond donors (Lipinski definition) is 0. The number of hydrogen-bond acceptors (Lipinski definition) is 1. The molecule has 0 spiro atoms. The molecular weight excluding hydrogens is 617 g/mol. The van der Waals surface area contributed by atoms with E-state index in [-0.39, 0.29) is 0 Å². The Morgan fingerprint density at radius 3 is 1.47 bits per heavy atom. The van der Waals surface area contributed by atoms with Crippen LogP contribution in [-0.4, -0.2) is 0 Å². The largest absolute Gasteiger partial charge is 0.456 e. The molecule has 1 heterocycles. The van der Waals surface area contributed by atoms with Crippen LogP contribution in [0.25, 0.3) is 98.7 Å². The summed E-state index contributed by atoms with van der Waals surface area (Å²) in [6.45, 7) is 0. The van der Waals surface area contributed by atoms with Gasteiger partial charge in [-0.1, -0.05) is 158 Å². The lowest BCUT2D eigenvalue weighted by Gasteiger charge is -2.24. The minimum atomic E-state index is 0.893. The van der Waals surface area contributed by atoms with Crippen molar-refractivity contribution in [3.63, 3.8) is 0 Å². The van der Waals surface area contributed by atoms with E-state index in [0.717, 1.165) is 17.1 Å². The third-order valence-corrected chi connectivity index (χ3v) is 10.8. The first-order chi connectivity index (χ1) is 25.3. The van der Waals surface area contributed by atoms with Crippen molar-refractivity contribution in [3.8, 4) is 67.1 Å². The average Bonchev–Trinajstić information content (AvgIpc) is 3.21. The molecule has 0 saturated heterocycles. The molecule has 1 aliphatic rings. The Morgan fingerprint density at radius 2 is 0.784 bits per heavy atom. The molecule has 0 unspecified atom stereocenters. The molecule has 1 aliphatic heterocycles. The van der Waals surface area contributed by atoms with Crippen LogP contribution in [0.1, 0.15) is 0 Å². The minimum Gasteiger partial charge on any atom is -0.456 e. The molecule has 0 saturated carbocycles. The fourth-order valence-electron chi connectivity index (χ4n) is 8.53. The van der Waals surface area contributed by atoms with Gasteiger partial charge >= 0.3 is 0 Å². The van der Waals surface area contributed by atoms with Crippen molar-refractivity contribution >= 4 is 43.1 Å². The third-order valence-electron chi connectivity index (χ3n) is 10.8. The number of fused-ring (bicyclic) bond motifs is 2. The van der Waals surface area contributed by atoms with Crippen molar-refractivity contribution in [2.75, 3.05) is 0 Å². The first-order valence-corrected chi connectivity index (χ1v) is 17.6. The maximum Gasteiger partial charge on any atom is 0.135 e. The van der Waals surface area contributed by atoms with Gasteiger partial charge in [0.25, 0.3) is 0 Å². The predicted molar refractivity (Wildman–Crippen MR) is 215 cm³/mol. The molecule has 0 aliphatic carbocycles. The van der Waals surface area contributed by atoms with Crippen LogP contribution in [0.15, 0.2) is 182 Å². The highest BCUT2D eigenvalue weighted by atomic mass is 16.5. The van der Waals surface area contributed by atoms with Gasteiger partial charge in [-0.3, -0.25) is 0 Å². The van der Waals surface area contributed by atoms with E-state index in [9.17, 15) is 0 Å². The molecule has 1 nitrogen and oxygen atoms in total. The van der Waals surface area contributed by atoms with Gasteiger partial charge in [0.2, 0.25) is 0 Å². The number of benzene rings is 10. The maximum absolute atomic E-state index is 6.62. The standard InChI is InChI=1S/C50H30O/c1-4-11-31(12-5-1)36-26-28-47-49-38(36)17-10-18-39(49)45-29-35(21-27-46(45)51-47)37-22-19-34-20-23-41-43(32-13-6-2-7-14-32)30-44(33-15-8-3-9-16-33)42-25-24-40(37)48(34)50(41)42/h1-30H. The van der Waals surface area contributed by atoms with Gasteiger partial charge in [0, 0.05) is 10.9 Å². The summed E-state index contributed by atoms with van der Waals surface area (Å²) in [7, 11) is 0. The molecule has 11 rings (SSSR count). The molecule has 236 valence electrons. The third kappa shape index (κ3) is 4.22. The van der Waals surface area contributed by atoms with E-state index in [1.807, 2.05) is 0 Å². The monoisotopic (exact) mass is 646 g/mol. The average molecular weight is 647 g/mol. The van der Waals surface area contributed by atoms with E-state index in [1.54, 1.807) is 0 Å². The Balaban J connectivity index is 1.15. The van der Waals surface area contributed by atoms with Gasteiger partial charge in [0.05, 0.1) is 0 Å². The van der Waals surface area contributed by atoms with Crippen molar-refractivity contribution in [1.82, 2.24) is 0 Å². The maximum atomic E-state index is 6.62. The van der Waals surface area contributed by atoms with Crippen LogP contribution in [0.5, 0.6) is 11.5 Å². The lowest BCUT2D eigenvalue weighted by Crippen LogP contribution is -1.98. The molecule has 10 aromatic carbocycles. The van der Waals surface area contributed by atoms with Gasteiger partial charge in [-0.15, -0.1) is 0 Å². The van der Waals surface area contributed by atoms with Gasteiger partial charge in [-0.05, 0) is 112 Å². The van der Waals surface area contributed by atoms with E-state index in [4.69, 9.17) is 4.74 Å². The Kier molecular flexibility index (Phi) is 6.02. The fraction of sp³-hybridized carbons (Fsp3) is 0. The summed E-state index contributed by atoms with van der Waals surface area (Å²) in [6.07, 6.45) is 0. The highest BCUT2D eigenvalue weighted by Crippen LogP contribution is 2.51. The van der Waals surface area contributed by atoms with Crippen LogP contribution in [0.4, 0.5) is 0 Å². The van der Waals surface area contributed by atoms with Crippen LogP contribution in [0.2, 0.25) is 0 Å². The quantitative estimate of drug-likeness (QED) is 0.173. The van der Waals surface area contributed by atoms with Crippen molar-refractivity contribution in [2.24, 2.45) is 0 Å². The summed E-state index contributed by atoms with van der Waals surface area (Å²) >= 11 is 0. The first kappa shape index (κ1) is 28.2. The molecule has 10 aromatic rings. The van der Waals surface area contributed by atoms with E-state index < -0.39 is 0 Å². The topological polar surface area (TPSA) is 9.23 Å². The lowest BCUT2D eigenvalue weighted by atomic mass is 9.83. The second kappa shape index (κ2) is 10.9. The van der Waals surface area contributed by atoms with E-state index in [1.165, 1.54) is 93.2 Å². The molecule has 0 atom stereocenters. The SMILES string of the molecule is c1ccc(-c2ccc3c4c(cccc24)-c2cc(-c4ccc5ccc6c(-c7ccccc7)cc(-c7ccccc7)c7ccc4c5c67)ccc2O3)cc1. The molecule has 0 fully saturated rings. The molecule has 0 aromatic heterocycles. The van der Waals surface area contributed by atoms with Crippen LogP contribution in [0, 0.1) is 0 Å². The molecule has 1 heteroatoms. The predicted octanol–water partition coefficient (Wildman–Crippen LogP) is 14.2. The second-order valence-electron chi connectivity index (χ2n) is 13.6. The van der Waals surface area contributed by atoms with Crippen LogP contribution < -0.4 is 4.74 Å². The van der Waals surface area contributed by atoms with Crippen LogP contribution in [-0.2, 0) is 0 Å². The highest BCUT2D eigenvalue weighted by molar-refractivity contribution is 6.30. The Hall–Kier alpha value is -6.70. The Morgan fingerprint density at radius 1 is 0.255 bits per heavy atom. The van der Waals surface area contributed by atoms with Gasteiger partial charge < -0.3 is 4.74 Å². The van der Waals surface area contributed by atoms with Gasteiger partial charge in [0.15, 0.2) is 0 Å². The molecular formula is C50H30O. The molecule has 51 heavy (non-hydrogen) atoms. The molecule has 0 bridgehead atoms. The zero-order valence-electron chi connectivity index (χ0n) is 27.7. The van der Waals surface area contributed by atoms with E-state index in [2.05, 4.69) is 182 Å². The highest BCUT2D eigenvalue weighted by Gasteiger charge is 2.23. The van der Waals surface area contributed by atoms with Gasteiger partial charge in [0.1, 0.15) is 11.5 Å². The summed E-state index contributed by atoms with van der Waals surface area (Å²) in [6, 6.07) is 66.2. The summed E-state index contributed by atoms with van der Waals surface area (Å²) < 4.78 is 6.62. The van der Waals surface area contributed by atoms with Gasteiger partial charge in [-0.25, -0.2) is 0 Å². The molecule has 0 N–H and O–H groups in total. The zero-order valence-corrected chi connectivity index (χ0v) is 27.7. The smallest absolute Gasteiger partial charge is 0.135 e. The van der Waals surface area contributed by atoms with Gasteiger partial charge in [-0.2, -0.15) is 0 Å². The second-order valence-corrected chi connectivity index (χ2v) is 13.6. The fourth-order valence-corrected chi connectivity index (χ4v) is 8.53. The Bertz CT molecular complexity index is 2900. The zero-order chi connectivity index (χ0) is 33.5. The summed E-state index contributed by atoms with van der Waals surface area (Å²) in [5, 5.41) is 10.1. The van der Waals surface area contributed by atoms with E-state index in [0.29, 0.717) is 0 Å². The van der Waals surface area contributed by atoms with Crippen molar-refractivity contribution in [1.29, 1.82) is 0 Å².